The van der Waals surface area contributed by atoms with Crippen LogP contribution in [0.2, 0.25) is 0 Å². The molecule has 7 aromatic carbocycles. The van der Waals surface area contributed by atoms with E-state index in [0.717, 1.165) is 50.3 Å². The van der Waals surface area contributed by atoms with E-state index in [1.807, 2.05) is 60.7 Å². The fourth-order valence-corrected chi connectivity index (χ4v) is 8.39. The molecule has 2 aromatic heterocycles. The Hall–Kier alpha value is -7.37. The second kappa shape index (κ2) is 13.2. The molecule has 5 heteroatoms. The van der Waals surface area contributed by atoms with Crippen molar-refractivity contribution < 1.29 is 4.74 Å². The zero-order valence-electron chi connectivity index (χ0n) is 30.4. The molecule has 5 nitrogen and oxygen atoms in total. The zero-order valence-corrected chi connectivity index (χ0v) is 30.4. The average Bonchev–Trinajstić information content (AvgIpc) is 3.83. The molecule has 0 saturated heterocycles. The maximum absolute atomic E-state index is 6.85. The molecule has 56 heavy (non-hydrogen) atoms. The molecule has 0 amide bonds. The van der Waals surface area contributed by atoms with Gasteiger partial charge in [0, 0.05) is 45.0 Å². The van der Waals surface area contributed by atoms with Gasteiger partial charge in [0.1, 0.15) is 11.9 Å². The van der Waals surface area contributed by atoms with Gasteiger partial charge in [0.2, 0.25) is 0 Å². The monoisotopic (exact) mass is 718 g/mol. The normalized spacial score (nSPS) is 14.5. The van der Waals surface area contributed by atoms with Crippen LogP contribution >= 0.6 is 0 Å². The predicted octanol–water partition coefficient (Wildman–Crippen LogP) is 12.3. The number of hydrogen-bond donors (Lipinski definition) is 0. The van der Waals surface area contributed by atoms with E-state index in [2.05, 4.69) is 132 Å². The minimum Gasteiger partial charge on any atom is -0.485 e. The van der Waals surface area contributed by atoms with E-state index in [1.165, 1.54) is 33.0 Å². The van der Waals surface area contributed by atoms with Gasteiger partial charge in [-0.1, -0.05) is 158 Å². The lowest BCUT2D eigenvalue weighted by Gasteiger charge is -2.19. The first-order valence-corrected chi connectivity index (χ1v) is 19.0. The molecular formula is C51H34N4O. The van der Waals surface area contributed by atoms with Crippen LogP contribution in [0.1, 0.15) is 17.8 Å². The van der Waals surface area contributed by atoms with Crippen LogP contribution in [0, 0.1) is 0 Å². The number of para-hydroxylation sites is 1. The smallest absolute Gasteiger partial charge is 0.164 e. The Kier molecular flexibility index (Phi) is 7.56. The van der Waals surface area contributed by atoms with E-state index in [9.17, 15) is 0 Å². The highest BCUT2D eigenvalue weighted by Gasteiger charge is 2.35. The van der Waals surface area contributed by atoms with Gasteiger partial charge >= 0.3 is 0 Å². The van der Waals surface area contributed by atoms with Gasteiger partial charge in [-0.2, -0.15) is 0 Å². The maximum Gasteiger partial charge on any atom is 0.164 e. The summed E-state index contributed by atoms with van der Waals surface area (Å²) in [6, 6.07) is 61.6. The highest BCUT2D eigenvalue weighted by Crippen LogP contribution is 2.49. The molecule has 1 aliphatic heterocycles. The van der Waals surface area contributed by atoms with Crippen molar-refractivity contribution in [2.45, 2.75) is 12.5 Å². The lowest BCUT2D eigenvalue weighted by molar-refractivity contribution is 0.281. The van der Waals surface area contributed by atoms with Crippen LogP contribution < -0.4 is 4.74 Å². The molecule has 9 aromatic rings. The summed E-state index contributed by atoms with van der Waals surface area (Å²) in [5.41, 5.74) is 13.4. The molecule has 1 atom stereocenters. The minimum absolute atomic E-state index is 0.184. The third kappa shape index (κ3) is 5.36. The van der Waals surface area contributed by atoms with Crippen molar-refractivity contribution in [1.29, 1.82) is 0 Å². The van der Waals surface area contributed by atoms with Crippen LogP contribution in [-0.2, 0) is 0 Å². The lowest BCUT2D eigenvalue weighted by atomic mass is 9.91. The lowest BCUT2D eigenvalue weighted by Crippen LogP contribution is -2.16. The van der Waals surface area contributed by atoms with Gasteiger partial charge in [-0.05, 0) is 52.6 Å². The number of aromatic nitrogens is 4. The van der Waals surface area contributed by atoms with E-state index < -0.39 is 0 Å². The van der Waals surface area contributed by atoms with Crippen LogP contribution in [0.3, 0.4) is 0 Å². The molecule has 3 heterocycles. The molecule has 0 fully saturated rings. The third-order valence-corrected chi connectivity index (χ3v) is 11.0. The van der Waals surface area contributed by atoms with Crippen LogP contribution in [0.4, 0.5) is 0 Å². The highest BCUT2D eigenvalue weighted by atomic mass is 16.5. The first-order chi connectivity index (χ1) is 27.8. The van der Waals surface area contributed by atoms with Gasteiger partial charge in [0.25, 0.3) is 0 Å². The summed E-state index contributed by atoms with van der Waals surface area (Å²) in [6.07, 6.45) is 4.84. The Morgan fingerprint density at radius 2 is 1.07 bits per heavy atom. The van der Waals surface area contributed by atoms with Crippen LogP contribution in [-0.4, -0.2) is 25.6 Å². The summed E-state index contributed by atoms with van der Waals surface area (Å²) in [6.45, 7) is 0. The Bertz CT molecular complexity index is 2950. The molecule has 1 unspecified atom stereocenters. The number of ether oxygens (including phenoxy) is 1. The standard InChI is InChI=1S/C51H34N4O/c1-5-16-33(17-6-1)38-30-41(34-18-7-2-8-19-34)47-39-24-13-14-25-42(39)55(44(47)31-38)43-26-15-27-45-48(43)40-29-28-37(32-46(40)56-45)51-53-49(35-20-9-3-10-21-35)52-50(54-51)36-22-11-4-12-23-36/h1-31,46H,32H2. The third-order valence-electron chi connectivity index (χ3n) is 11.0. The predicted molar refractivity (Wildman–Crippen MR) is 227 cm³/mol. The molecule has 11 rings (SSSR count). The number of rotatable bonds is 6. The summed E-state index contributed by atoms with van der Waals surface area (Å²) in [4.78, 5) is 15.0. The Labute approximate surface area is 324 Å². The van der Waals surface area contributed by atoms with Gasteiger partial charge in [-0.25, -0.2) is 15.0 Å². The van der Waals surface area contributed by atoms with Gasteiger partial charge in [0.15, 0.2) is 17.5 Å². The summed E-state index contributed by atoms with van der Waals surface area (Å²) < 4.78 is 9.29. The molecule has 1 aliphatic carbocycles. The number of hydrogen-bond acceptors (Lipinski definition) is 4. The summed E-state index contributed by atoms with van der Waals surface area (Å²) in [7, 11) is 0. The van der Waals surface area contributed by atoms with Crippen molar-refractivity contribution in [2.24, 2.45) is 0 Å². The highest BCUT2D eigenvalue weighted by molar-refractivity contribution is 6.17. The number of nitrogens with zero attached hydrogens (tertiary/aromatic N) is 4. The Balaban J connectivity index is 1.09. The molecule has 0 saturated carbocycles. The van der Waals surface area contributed by atoms with Gasteiger partial charge in [0.05, 0.1) is 16.7 Å². The van der Waals surface area contributed by atoms with E-state index in [1.54, 1.807) is 0 Å². The van der Waals surface area contributed by atoms with Crippen LogP contribution in [0.15, 0.2) is 188 Å². The average molecular weight is 719 g/mol. The molecule has 264 valence electrons. The van der Waals surface area contributed by atoms with Gasteiger partial charge in [-0.15, -0.1) is 0 Å². The Morgan fingerprint density at radius 1 is 0.482 bits per heavy atom. The number of benzene rings is 7. The van der Waals surface area contributed by atoms with Crippen molar-refractivity contribution >= 4 is 33.0 Å². The first kappa shape index (κ1) is 32.1. The molecule has 0 spiro atoms. The van der Waals surface area contributed by atoms with Crippen molar-refractivity contribution in [1.82, 2.24) is 19.5 Å². The second-order valence-electron chi connectivity index (χ2n) is 14.3. The molecule has 2 aliphatic rings. The first-order valence-electron chi connectivity index (χ1n) is 19.0. The fraction of sp³-hybridized carbons (Fsp3) is 0.0392. The minimum atomic E-state index is -0.184. The summed E-state index contributed by atoms with van der Waals surface area (Å²) in [5, 5.41) is 2.45. The maximum atomic E-state index is 6.85. The van der Waals surface area contributed by atoms with Crippen molar-refractivity contribution in [3.8, 4) is 56.5 Å². The topological polar surface area (TPSA) is 52.8 Å². The molecule has 0 bridgehead atoms. The van der Waals surface area contributed by atoms with Crippen LogP contribution in [0.25, 0.3) is 83.7 Å². The van der Waals surface area contributed by atoms with Gasteiger partial charge in [-0.3, -0.25) is 0 Å². The summed E-state index contributed by atoms with van der Waals surface area (Å²) >= 11 is 0. The number of fused-ring (bicyclic) bond motifs is 6. The van der Waals surface area contributed by atoms with Gasteiger partial charge < -0.3 is 9.30 Å². The summed E-state index contributed by atoms with van der Waals surface area (Å²) in [5.74, 6) is 2.85. The van der Waals surface area contributed by atoms with Crippen molar-refractivity contribution in [2.75, 3.05) is 0 Å². The zero-order chi connectivity index (χ0) is 37.0. The van der Waals surface area contributed by atoms with Crippen LogP contribution in [0.5, 0.6) is 5.75 Å². The quantitative estimate of drug-likeness (QED) is 0.172. The molecule has 0 N–H and O–H groups in total. The number of allylic oxidation sites excluding steroid dienone is 2. The fourth-order valence-electron chi connectivity index (χ4n) is 8.39. The van der Waals surface area contributed by atoms with E-state index in [-0.39, 0.29) is 6.10 Å². The SMILES string of the molecule is C1=C(c2nc(-c3ccccc3)nc(-c3ccccc3)n2)CC2Oc3cccc(-n4c5ccccc5c5c(-c6ccccc6)cc(-c6ccccc6)cc54)c3C2=C1. The van der Waals surface area contributed by atoms with Crippen molar-refractivity contribution in [3.63, 3.8) is 0 Å². The van der Waals surface area contributed by atoms with E-state index in [4.69, 9.17) is 19.7 Å². The molecular weight excluding hydrogens is 685 g/mol. The van der Waals surface area contributed by atoms with E-state index in [0.29, 0.717) is 23.9 Å². The van der Waals surface area contributed by atoms with Crippen molar-refractivity contribution in [3.05, 3.63) is 199 Å². The molecule has 0 radical (unpaired) electrons. The largest absolute Gasteiger partial charge is 0.485 e. The van der Waals surface area contributed by atoms with E-state index >= 15 is 0 Å². The second-order valence-corrected chi connectivity index (χ2v) is 14.3. The Morgan fingerprint density at radius 3 is 1.75 bits per heavy atom.